The van der Waals surface area contributed by atoms with Crippen LogP contribution in [0, 0.1) is 11.8 Å². The van der Waals surface area contributed by atoms with Crippen LogP contribution in [0.15, 0.2) is 0 Å². The Morgan fingerprint density at radius 3 is 2.93 bits per heavy atom. The molecule has 1 amide bonds. The predicted molar refractivity (Wildman–Crippen MR) is 56.8 cm³/mol. The second kappa shape index (κ2) is 5.32. The number of rotatable bonds is 4. The monoisotopic (exact) mass is 199 g/mol. The lowest BCUT2D eigenvalue weighted by atomic mass is 10.1. The van der Waals surface area contributed by atoms with E-state index in [0.717, 1.165) is 19.5 Å². The second-order valence-corrected chi connectivity index (χ2v) is 4.33. The Labute approximate surface area is 85.8 Å². The first kappa shape index (κ1) is 11.5. The zero-order valence-electron chi connectivity index (χ0n) is 9.12. The molecule has 1 fully saturated rings. The van der Waals surface area contributed by atoms with Crippen molar-refractivity contribution in [3.63, 3.8) is 0 Å². The zero-order valence-corrected chi connectivity index (χ0v) is 9.12. The molecule has 4 heteroatoms. The quantitative estimate of drug-likeness (QED) is 0.650. The summed E-state index contributed by atoms with van der Waals surface area (Å²) in [6, 6.07) is 0. The Morgan fingerprint density at radius 2 is 2.43 bits per heavy atom. The van der Waals surface area contributed by atoms with Crippen molar-refractivity contribution in [1.29, 1.82) is 0 Å². The van der Waals surface area contributed by atoms with Crippen LogP contribution in [0.5, 0.6) is 0 Å². The average Bonchev–Trinajstić information content (AvgIpc) is 2.60. The third kappa shape index (κ3) is 3.27. The van der Waals surface area contributed by atoms with Gasteiger partial charge in [-0.05, 0) is 32.5 Å². The molecule has 2 atom stereocenters. The van der Waals surface area contributed by atoms with Crippen LogP contribution in [0.3, 0.4) is 0 Å². The lowest BCUT2D eigenvalue weighted by molar-refractivity contribution is -0.124. The molecule has 0 aromatic carbocycles. The van der Waals surface area contributed by atoms with E-state index in [0.29, 0.717) is 19.0 Å². The number of nitrogens with zero attached hydrogens (tertiary/aromatic N) is 1. The average molecular weight is 199 g/mol. The molecule has 4 nitrogen and oxygen atoms in total. The minimum Gasteiger partial charge on any atom is -0.356 e. The van der Waals surface area contributed by atoms with Gasteiger partial charge in [0, 0.05) is 13.1 Å². The maximum Gasteiger partial charge on any atom is 0.224 e. The van der Waals surface area contributed by atoms with Crippen molar-refractivity contribution < 1.29 is 4.79 Å². The molecule has 0 saturated carbocycles. The van der Waals surface area contributed by atoms with E-state index in [4.69, 9.17) is 5.73 Å². The number of carbonyl (C=O) groups excluding carboxylic acids is 1. The maximum atomic E-state index is 11.6. The van der Waals surface area contributed by atoms with Crippen LogP contribution in [0.25, 0.3) is 0 Å². The summed E-state index contributed by atoms with van der Waals surface area (Å²) < 4.78 is 0. The van der Waals surface area contributed by atoms with E-state index in [-0.39, 0.29) is 11.8 Å². The molecule has 1 heterocycles. The minimum absolute atomic E-state index is 0.185. The lowest BCUT2D eigenvalue weighted by Gasteiger charge is -2.13. The highest BCUT2D eigenvalue weighted by atomic mass is 16.1. The molecule has 0 aliphatic carbocycles. The van der Waals surface area contributed by atoms with Crippen LogP contribution < -0.4 is 11.1 Å². The Kier molecular flexibility index (Phi) is 4.35. The van der Waals surface area contributed by atoms with Gasteiger partial charge in [0.1, 0.15) is 0 Å². The first-order chi connectivity index (χ1) is 6.63. The first-order valence-electron chi connectivity index (χ1n) is 5.29. The minimum atomic E-state index is 0.185. The Bertz CT molecular complexity index is 196. The Hall–Kier alpha value is -0.610. The number of nitrogens with two attached hydrogens (primary N) is 1. The van der Waals surface area contributed by atoms with Gasteiger partial charge in [0.2, 0.25) is 5.91 Å². The van der Waals surface area contributed by atoms with Gasteiger partial charge in [0.15, 0.2) is 0 Å². The molecule has 0 spiro atoms. The van der Waals surface area contributed by atoms with E-state index in [9.17, 15) is 4.79 Å². The summed E-state index contributed by atoms with van der Waals surface area (Å²) in [6.45, 7) is 5.30. The molecular weight excluding hydrogens is 178 g/mol. The number of hydrogen-bond acceptors (Lipinski definition) is 3. The summed E-state index contributed by atoms with van der Waals surface area (Å²) in [7, 11) is 2.05. The molecule has 2 unspecified atom stereocenters. The normalized spacial score (nSPS) is 24.9. The van der Waals surface area contributed by atoms with Crippen LogP contribution in [0.1, 0.15) is 13.3 Å². The number of carbonyl (C=O) groups is 1. The predicted octanol–water partition coefficient (Wildman–Crippen LogP) is -0.351. The third-order valence-electron chi connectivity index (χ3n) is 2.79. The van der Waals surface area contributed by atoms with Crippen molar-refractivity contribution >= 4 is 5.91 Å². The molecular formula is C10H21N3O. The smallest absolute Gasteiger partial charge is 0.224 e. The highest BCUT2D eigenvalue weighted by Crippen LogP contribution is 2.13. The fourth-order valence-corrected chi connectivity index (χ4v) is 1.65. The third-order valence-corrected chi connectivity index (χ3v) is 2.79. The number of likely N-dealkylation sites (tertiary alicyclic amines) is 1. The topological polar surface area (TPSA) is 58.4 Å². The van der Waals surface area contributed by atoms with Gasteiger partial charge in [-0.1, -0.05) is 6.92 Å². The van der Waals surface area contributed by atoms with Crippen molar-refractivity contribution in [2.75, 3.05) is 33.2 Å². The van der Waals surface area contributed by atoms with Crippen LogP contribution in [0.2, 0.25) is 0 Å². The van der Waals surface area contributed by atoms with Crippen molar-refractivity contribution in [2.24, 2.45) is 17.6 Å². The Morgan fingerprint density at radius 1 is 1.71 bits per heavy atom. The fraction of sp³-hybridized carbons (Fsp3) is 0.900. The van der Waals surface area contributed by atoms with E-state index in [1.807, 2.05) is 6.92 Å². The van der Waals surface area contributed by atoms with Gasteiger partial charge in [-0.2, -0.15) is 0 Å². The highest BCUT2D eigenvalue weighted by Gasteiger charge is 2.25. The van der Waals surface area contributed by atoms with Crippen molar-refractivity contribution in [1.82, 2.24) is 10.2 Å². The molecule has 1 saturated heterocycles. The van der Waals surface area contributed by atoms with Crippen LogP contribution in [-0.2, 0) is 4.79 Å². The van der Waals surface area contributed by atoms with E-state index in [1.54, 1.807) is 0 Å². The highest BCUT2D eigenvalue weighted by molar-refractivity contribution is 5.79. The second-order valence-electron chi connectivity index (χ2n) is 4.33. The van der Waals surface area contributed by atoms with Gasteiger partial charge in [-0.3, -0.25) is 4.79 Å². The standard InChI is InChI=1S/C10H21N3O/c1-8(5-11)6-12-10(14)9-3-4-13(2)7-9/h8-9H,3-7,11H2,1-2H3,(H,12,14). The van der Waals surface area contributed by atoms with E-state index >= 15 is 0 Å². The fourth-order valence-electron chi connectivity index (χ4n) is 1.65. The molecule has 82 valence electrons. The summed E-state index contributed by atoms with van der Waals surface area (Å²) in [6.07, 6.45) is 0.985. The lowest BCUT2D eigenvalue weighted by Crippen LogP contribution is -2.36. The molecule has 0 radical (unpaired) electrons. The first-order valence-corrected chi connectivity index (χ1v) is 5.29. The molecule has 1 rings (SSSR count). The summed E-state index contributed by atoms with van der Waals surface area (Å²) in [5, 5.41) is 2.95. The maximum absolute atomic E-state index is 11.6. The van der Waals surface area contributed by atoms with Gasteiger partial charge in [-0.15, -0.1) is 0 Å². The summed E-state index contributed by atoms with van der Waals surface area (Å²) in [5.74, 6) is 0.748. The molecule has 3 N–H and O–H groups in total. The summed E-state index contributed by atoms with van der Waals surface area (Å²) in [4.78, 5) is 13.8. The van der Waals surface area contributed by atoms with Crippen molar-refractivity contribution in [3.05, 3.63) is 0 Å². The van der Waals surface area contributed by atoms with E-state index in [1.165, 1.54) is 0 Å². The van der Waals surface area contributed by atoms with Crippen LogP contribution in [-0.4, -0.2) is 44.0 Å². The van der Waals surface area contributed by atoms with E-state index in [2.05, 4.69) is 17.3 Å². The molecule has 1 aliphatic heterocycles. The molecule has 0 aromatic heterocycles. The van der Waals surface area contributed by atoms with Gasteiger partial charge >= 0.3 is 0 Å². The molecule has 0 aromatic rings. The molecule has 0 bridgehead atoms. The molecule has 1 aliphatic rings. The van der Waals surface area contributed by atoms with Crippen molar-refractivity contribution in [2.45, 2.75) is 13.3 Å². The van der Waals surface area contributed by atoms with Gasteiger partial charge in [0.25, 0.3) is 0 Å². The SMILES string of the molecule is CC(CN)CNC(=O)C1CCN(C)C1. The van der Waals surface area contributed by atoms with Crippen molar-refractivity contribution in [3.8, 4) is 0 Å². The summed E-state index contributed by atoms with van der Waals surface area (Å²) in [5.41, 5.74) is 5.47. The Balaban J connectivity index is 2.22. The van der Waals surface area contributed by atoms with Gasteiger partial charge in [-0.25, -0.2) is 0 Å². The number of hydrogen-bond donors (Lipinski definition) is 2. The van der Waals surface area contributed by atoms with Crippen LogP contribution >= 0.6 is 0 Å². The largest absolute Gasteiger partial charge is 0.356 e. The van der Waals surface area contributed by atoms with Gasteiger partial charge in [0.05, 0.1) is 5.92 Å². The number of nitrogens with one attached hydrogen (secondary N) is 1. The van der Waals surface area contributed by atoms with E-state index < -0.39 is 0 Å². The molecule has 14 heavy (non-hydrogen) atoms. The summed E-state index contributed by atoms with van der Waals surface area (Å²) >= 11 is 0. The number of amides is 1. The zero-order chi connectivity index (χ0) is 10.6. The van der Waals surface area contributed by atoms with Gasteiger partial charge < -0.3 is 16.0 Å². The van der Waals surface area contributed by atoms with Crippen LogP contribution in [0.4, 0.5) is 0 Å².